The molecule has 0 aliphatic carbocycles. The zero-order valence-corrected chi connectivity index (χ0v) is 10.6. The van der Waals surface area contributed by atoms with Gasteiger partial charge in [0.05, 0.1) is 6.54 Å². The Morgan fingerprint density at radius 2 is 2.06 bits per heavy atom. The molecule has 1 unspecified atom stereocenters. The summed E-state index contributed by atoms with van der Waals surface area (Å²) in [5.74, 6) is 1.43. The van der Waals surface area contributed by atoms with Crippen molar-refractivity contribution in [2.24, 2.45) is 0 Å². The van der Waals surface area contributed by atoms with Gasteiger partial charge in [-0.25, -0.2) is 0 Å². The summed E-state index contributed by atoms with van der Waals surface area (Å²) < 4.78 is 42.0. The Morgan fingerprint density at radius 3 is 2.50 bits per heavy atom. The fourth-order valence-corrected chi connectivity index (χ4v) is 1.77. The Bertz CT molecular complexity index is 337. The lowest BCUT2D eigenvalue weighted by Crippen LogP contribution is -2.34. The summed E-state index contributed by atoms with van der Waals surface area (Å²) in [6.07, 6.45) is -4.21. The molecule has 0 N–H and O–H groups in total. The Morgan fingerprint density at radius 1 is 1.44 bits per heavy atom. The summed E-state index contributed by atoms with van der Waals surface area (Å²) in [6.45, 7) is 2.06. The lowest BCUT2D eigenvalue weighted by molar-refractivity contribution is -0.130. The van der Waals surface area contributed by atoms with Crippen molar-refractivity contribution in [3.8, 4) is 0 Å². The first-order valence-electron chi connectivity index (χ1n) is 4.73. The van der Waals surface area contributed by atoms with Crippen LogP contribution in [0.1, 0.15) is 11.5 Å². The van der Waals surface area contributed by atoms with Gasteiger partial charge in [-0.15, -0.1) is 0 Å². The molecule has 1 aromatic rings. The quantitative estimate of drug-likeness (QED) is 0.793. The van der Waals surface area contributed by atoms with Crippen LogP contribution in [0.2, 0.25) is 0 Å². The third-order valence-corrected chi connectivity index (χ3v) is 2.86. The standard InChI is InChI=1S/C10H13BrF3NO/c1-7-3-4-8(16-7)5-15(2)6-9(11)10(12,13)14/h3-4,9H,5-6H2,1-2H3. The van der Waals surface area contributed by atoms with Crippen molar-refractivity contribution >= 4 is 15.9 Å². The minimum Gasteiger partial charge on any atom is -0.465 e. The van der Waals surface area contributed by atoms with Crippen LogP contribution in [0.5, 0.6) is 0 Å². The molecular weight excluding hydrogens is 287 g/mol. The zero-order chi connectivity index (χ0) is 12.3. The lowest BCUT2D eigenvalue weighted by Gasteiger charge is -2.20. The van der Waals surface area contributed by atoms with E-state index in [0.717, 1.165) is 5.76 Å². The van der Waals surface area contributed by atoms with E-state index < -0.39 is 11.0 Å². The Balaban J connectivity index is 2.45. The average Bonchev–Trinajstić information content (AvgIpc) is 2.49. The molecule has 1 rings (SSSR count). The van der Waals surface area contributed by atoms with E-state index in [1.165, 1.54) is 0 Å². The minimum atomic E-state index is -4.21. The highest BCUT2D eigenvalue weighted by Gasteiger charge is 2.38. The molecule has 1 heterocycles. The van der Waals surface area contributed by atoms with Crippen LogP contribution >= 0.6 is 15.9 Å². The van der Waals surface area contributed by atoms with Gasteiger partial charge < -0.3 is 4.42 Å². The largest absolute Gasteiger partial charge is 0.465 e. The van der Waals surface area contributed by atoms with Gasteiger partial charge in [0.25, 0.3) is 0 Å². The second-order valence-electron chi connectivity index (χ2n) is 3.72. The van der Waals surface area contributed by atoms with Crippen LogP contribution < -0.4 is 0 Å². The molecule has 92 valence electrons. The molecule has 2 nitrogen and oxygen atoms in total. The van der Waals surface area contributed by atoms with E-state index >= 15 is 0 Å². The predicted molar refractivity (Wildman–Crippen MR) is 58.5 cm³/mol. The smallest absolute Gasteiger partial charge is 0.402 e. The van der Waals surface area contributed by atoms with Gasteiger partial charge >= 0.3 is 6.18 Å². The third kappa shape index (κ3) is 4.17. The molecule has 0 amide bonds. The molecule has 0 bridgehead atoms. The Kier molecular flexibility index (Phi) is 4.43. The van der Waals surface area contributed by atoms with E-state index in [-0.39, 0.29) is 6.54 Å². The SMILES string of the molecule is Cc1ccc(CN(C)CC(Br)C(F)(F)F)o1. The number of nitrogens with zero attached hydrogens (tertiary/aromatic N) is 1. The molecular formula is C10H13BrF3NO. The van der Waals surface area contributed by atoms with Crippen LogP contribution in [0.15, 0.2) is 16.5 Å². The molecule has 0 aromatic carbocycles. The van der Waals surface area contributed by atoms with Gasteiger partial charge in [0.1, 0.15) is 16.3 Å². The summed E-state index contributed by atoms with van der Waals surface area (Å²) in [7, 11) is 1.62. The molecule has 0 spiro atoms. The average molecular weight is 300 g/mol. The van der Waals surface area contributed by atoms with Crippen LogP contribution in [-0.2, 0) is 6.54 Å². The fourth-order valence-electron chi connectivity index (χ4n) is 1.28. The van der Waals surface area contributed by atoms with Gasteiger partial charge in [0, 0.05) is 6.54 Å². The van der Waals surface area contributed by atoms with Gasteiger partial charge in [0.15, 0.2) is 0 Å². The van der Waals surface area contributed by atoms with Crippen LogP contribution in [-0.4, -0.2) is 29.5 Å². The normalized spacial score (nSPS) is 14.4. The monoisotopic (exact) mass is 299 g/mol. The highest BCUT2D eigenvalue weighted by Crippen LogP contribution is 2.27. The van der Waals surface area contributed by atoms with Crippen LogP contribution in [0, 0.1) is 6.92 Å². The molecule has 0 aliphatic rings. The molecule has 16 heavy (non-hydrogen) atoms. The first kappa shape index (κ1) is 13.6. The number of halogens is 4. The number of alkyl halides is 4. The number of rotatable bonds is 4. The van der Waals surface area contributed by atoms with Gasteiger partial charge in [-0.3, -0.25) is 4.90 Å². The van der Waals surface area contributed by atoms with E-state index in [0.29, 0.717) is 12.3 Å². The lowest BCUT2D eigenvalue weighted by atomic mass is 10.3. The first-order chi connectivity index (χ1) is 7.29. The number of aryl methyl sites for hydroxylation is 1. The minimum absolute atomic E-state index is 0.108. The van der Waals surface area contributed by atoms with Crippen molar-refractivity contribution in [1.29, 1.82) is 0 Å². The molecule has 6 heteroatoms. The van der Waals surface area contributed by atoms with Crippen molar-refractivity contribution in [1.82, 2.24) is 4.90 Å². The van der Waals surface area contributed by atoms with Crippen molar-refractivity contribution in [3.05, 3.63) is 23.7 Å². The molecule has 1 aromatic heterocycles. The number of hydrogen-bond acceptors (Lipinski definition) is 2. The molecule has 0 saturated heterocycles. The number of hydrogen-bond donors (Lipinski definition) is 0. The third-order valence-electron chi connectivity index (χ3n) is 2.05. The van der Waals surface area contributed by atoms with Crippen molar-refractivity contribution in [2.75, 3.05) is 13.6 Å². The van der Waals surface area contributed by atoms with E-state index in [9.17, 15) is 13.2 Å². The van der Waals surface area contributed by atoms with E-state index in [1.54, 1.807) is 31.0 Å². The van der Waals surface area contributed by atoms with Gasteiger partial charge in [-0.05, 0) is 26.1 Å². The van der Waals surface area contributed by atoms with Crippen molar-refractivity contribution in [3.63, 3.8) is 0 Å². The summed E-state index contributed by atoms with van der Waals surface area (Å²) in [6, 6.07) is 3.56. The molecule has 1 atom stereocenters. The van der Waals surface area contributed by atoms with Crippen LogP contribution in [0.3, 0.4) is 0 Å². The molecule has 0 radical (unpaired) electrons. The van der Waals surface area contributed by atoms with Gasteiger partial charge in [-0.1, -0.05) is 15.9 Å². The van der Waals surface area contributed by atoms with Crippen molar-refractivity contribution in [2.45, 2.75) is 24.5 Å². The van der Waals surface area contributed by atoms with E-state index in [2.05, 4.69) is 15.9 Å². The summed E-state index contributed by atoms with van der Waals surface area (Å²) in [4.78, 5) is 0.0478. The zero-order valence-electron chi connectivity index (χ0n) is 9.01. The van der Waals surface area contributed by atoms with Crippen molar-refractivity contribution < 1.29 is 17.6 Å². The summed E-state index contributed by atoms with van der Waals surface area (Å²) in [5, 5.41) is 0. The second kappa shape index (κ2) is 5.23. The highest BCUT2D eigenvalue weighted by molar-refractivity contribution is 9.09. The Labute approximate surface area is 101 Å². The molecule has 0 saturated carbocycles. The second-order valence-corrected chi connectivity index (χ2v) is 4.82. The fraction of sp³-hybridized carbons (Fsp3) is 0.600. The van der Waals surface area contributed by atoms with Crippen LogP contribution in [0.25, 0.3) is 0 Å². The maximum Gasteiger partial charge on any atom is 0.402 e. The molecule has 0 fully saturated rings. The molecule has 0 aliphatic heterocycles. The maximum atomic E-state index is 12.3. The van der Waals surface area contributed by atoms with Gasteiger partial charge in [0.2, 0.25) is 0 Å². The summed E-state index contributed by atoms with van der Waals surface area (Å²) in [5.41, 5.74) is 0. The Hall–Kier alpha value is -0.490. The van der Waals surface area contributed by atoms with E-state index in [4.69, 9.17) is 4.42 Å². The maximum absolute atomic E-state index is 12.3. The van der Waals surface area contributed by atoms with E-state index in [1.807, 2.05) is 0 Å². The highest BCUT2D eigenvalue weighted by atomic mass is 79.9. The number of furan rings is 1. The van der Waals surface area contributed by atoms with Gasteiger partial charge in [-0.2, -0.15) is 13.2 Å². The predicted octanol–water partition coefficient (Wildman–Crippen LogP) is 3.35. The van der Waals surface area contributed by atoms with Crippen LogP contribution in [0.4, 0.5) is 13.2 Å². The topological polar surface area (TPSA) is 16.4 Å². The first-order valence-corrected chi connectivity index (χ1v) is 5.65. The summed E-state index contributed by atoms with van der Waals surface area (Å²) >= 11 is 2.62.